The number of rotatable bonds is 4. The van der Waals surface area contributed by atoms with Gasteiger partial charge < -0.3 is 4.84 Å². The van der Waals surface area contributed by atoms with E-state index in [1.54, 1.807) is 7.11 Å². The van der Waals surface area contributed by atoms with Crippen LogP contribution in [0.2, 0.25) is 0 Å². The Morgan fingerprint density at radius 2 is 2.10 bits per heavy atom. The molecule has 2 heteroatoms. The predicted molar refractivity (Wildman–Crippen MR) is 44.2 cm³/mol. The van der Waals surface area contributed by atoms with Crippen molar-refractivity contribution in [1.82, 2.24) is 0 Å². The first-order chi connectivity index (χ1) is 4.72. The zero-order chi connectivity index (χ0) is 7.98. The molecule has 0 heterocycles. The van der Waals surface area contributed by atoms with Crippen molar-refractivity contribution in [3.63, 3.8) is 0 Å². The van der Waals surface area contributed by atoms with Gasteiger partial charge in [0.2, 0.25) is 0 Å². The predicted octanol–water partition coefficient (Wildman–Crippen LogP) is 2.44. The molecule has 0 N–H and O–H groups in total. The maximum atomic E-state index is 4.71. The van der Waals surface area contributed by atoms with E-state index >= 15 is 0 Å². The highest BCUT2D eigenvalue weighted by molar-refractivity contribution is 5.85. The van der Waals surface area contributed by atoms with Gasteiger partial charge in [-0.2, -0.15) is 0 Å². The highest BCUT2D eigenvalue weighted by Gasteiger charge is 2.03. The van der Waals surface area contributed by atoms with Crippen LogP contribution in [-0.4, -0.2) is 12.8 Å². The molecule has 0 aromatic heterocycles. The van der Waals surface area contributed by atoms with E-state index in [1.807, 2.05) is 0 Å². The van der Waals surface area contributed by atoms with Crippen LogP contribution in [0, 0.1) is 5.92 Å². The van der Waals surface area contributed by atoms with Gasteiger partial charge in [0.1, 0.15) is 7.11 Å². The lowest BCUT2D eigenvalue weighted by Gasteiger charge is -2.06. The largest absolute Gasteiger partial charge is 0.399 e. The van der Waals surface area contributed by atoms with Crippen LogP contribution in [0.4, 0.5) is 0 Å². The standard InChI is InChI=1S/C8H17NO/c1-5-6-8(7(2)3)9-10-4/h7H,5-6H2,1-4H3/b9-8+. The summed E-state index contributed by atoms with van der Waals surface area (Å²) in [6, 6.07) is 0. The highest BCUT2D eigenvalue weighted by atomic mass is 16.6. The Balaban J connectivity index is 3.85. The molecule has 0 aliphatic rings. The third-order valence-corrected chi connectivity index (χ3v) is 1.38. The number of nitrogens with zero attached hydrogens (tertiary/aromatic N) is 1. The van der Waals surface area contributed by atoms with Crippen LogP contribution in [0.5, 0.6) is 0 Å². The molecule has 0 spiro atoms. The molecule has 10 heavy (non-hydrogen) atoms. The van der Waals surface area contributed by atoms with Crippen molar-refractivity contribution in [3.8, 4) is 0 Å². The fraction of sp³-hybridized carbons (Fsp3) is 0.875. The lowest BCUT2D eigenvalue weighted by molar-refractivity contribution is 0.210. The number of oxime groups is 1. The second kappa shape index (κ2) is 5.27. The van der Waals surface area contributed by atoms with Crippen molar-refractivity contribution in [2.24, 2.45) is 11.1 Å². The smallest absolute Gasteiger partial charge is 0.106 e. The maximum Gasteiger partial charge on any atom is 0.106 e. The van der Waals surface area contributed by atoms with Gasteiger partial charge in [-0.1, -0.05) is 32.3 Å². The Labute approximate surface area is 63.3 Å². The zero-order valence-electron chi connectivity index (χ0n) is 7.35. The Morgan fingerprint density at radius 1 is 1.50 bits per heavy atom. The summed E-state index contributed by atoms with van der Waals surface area (Å²) in [6.07, 6.45) is 2.19. The van der Waals surface area contributed by atoms with Crippen molar-refractivity contribution in [2.45, 2.75) is 33.6 Å². The molecule has 0 saturated heterocycles. The van der Waals surface area contributed by atoms with E-state index in [-0.39, 0.29) is 0 Å². The fourth-order valence-electron chi connectivity index (χ4n) is 0.813. The van der Waals surface area contributed by atoms with Crippen LogP contribution in [-0.2, 0) is 4.84 Å². The third kappa shape index (κ3) is 3.49. The molecule has 0 fully saturated rings. The van der Waals surface area contributed by atoms with E-state index in [2.05, 4.69) is 25.9 Å². The van der Waals surface area contributed by atoms with Gasteiger partial charge >= 0.3 is 0 Å². The second-order valence-corrected chi connectivity index (χ2v) is 2.67. The Hall–Kier alpha value is -0.530. The molecule has 0 rings (SSSR count). The van der Waals surface area contributed by atoms with Gasteiger partial charge in [-0.05, 0) is 12.3 Å². The summed E-state index contributed by atoms with van der Waals surface area (Å²) in [5.74, 6) is 0.514. The first kappa shape index (κ1) is 9.47. The quantitative estimate of drug-likeness (QED) is 0.437. The summed E-state index contributed by atoms with van der Waals surface area (Å²) in [4.78, 5) is 4.71. The number of hydrogen-bond donors (Lipinski definition) is 0. The average molecular weight is 143 g/mol. The topological polar surface area (TPSA) is 21.6 Å². The van der Waals surface area contributed by atoms with Crippen molar-refractivity contribution in [3.05, 3.63) is 0 Å². The van der Waals surface area contributed by atoms with Gasteiger partial charge in [0, 0.05) is 0 Å². The van der Waals surface area contributed by atoms with E-state index in [1.165, 1.54) is 0 Å². The summed E-state index contributed by atoms with van der Waals surface area (Å²) >= 11 is 0. The van der Waals surface area contributed by atoms with Gasteiger partial charge in [-0.25, -0.2) is 0 Å². The summed E-state index contributed by atoms with van der Waals surface area (Å²) in [5.41, 5.74) is 1.16. The van der Waals surface area contributed by atoms with E-state index in [0.29, 0.717) is 5.92 Å². The van der Waals surface area contributed by atoms with Crippen molar-refractivity contribution in [1.29, 1.82) is 0 Å². The Morgan fingerprint density at radius 3 is 2.40 bits per heavy atom. The first-order valence-corrected chi connectivity index (χ1v) is 3.82. The van der Waals surface area contributed by atoms with Crippen LogP contribution in [0.25, 0.3) is 0 Å². The molecule has 0 unspecified atom stereocenters. The van der Waals surface area contributed by atoms with Crippen molar-refractivity contribution in [2.75, 3.05) is 7.11 Å². The molecule has 60 valence electrons. The van der Waals surface area contributed by atoms with Gasteiger partial charge in [-0.15, -0.1) is 0 Å². The minimum Gasteiger partial charge on any atom is -0.399 e. The van der Waals surface area contributed by atoms with E-state index in [9.17, 15) is 0 Å². The Kier molecular flexibility index (Phi) is 4.99. The summed E-state index contributed by atoms with van der Waals surface area (Å²) in [6.45, 7) is 6.41. The molecule has 0 aromatic rings. The lowest BCUT2D eigenvalue weighted by Crippen LogP contribution is -2.07. The van der Waals surface area contributed by atoms with Gasteiger partial charge in [0.25, 0.3) is 0 Å². The third-order valence-electron chi connectivity index (χ3n) is 1.38. The van der Waals surface area contributed by atoms with Crippen LogP contribution in [0.15, 0.2) is 5.16 Å². The summed E-state index contributed by atoms with van der Waals surface area (Å²) in [7, 11) is 1.60. The monoisotopic (exact) mass is 143 g/mol. The van der Waals surface area contributed by atoms with E-state index in [4.69, 9.17) is 4.84 Å². The molecule has 0 bridgehead atoms. The fourth-order valence-corrected chi connectivity index (χ4v) is 0.813. The average Bonchev–Trinajstić information content (AvgIpc) is 1.87. The first-order valence-electron chi connectivity index (χ1n) is 3.82. The highest BCUT2D eigenvalue weighted by Crippen LogP contribution is 2.03. The molecule has 2 nitrogen and oxygen atoms in total. The zero-order valence-corrected chi connectivity index (χ0v) is 7.35. The van der Waals surface area contributed by atoms with Crippen molar-refractivity contribution < 1.29 is 4.84 Å². The van der Waals surface area contributed by atoms with Crippen LogP contribution < -0.4 is 0 Å². The minimum absolute atomic E-state index is 0.514. The molecule has 0 aliphatic heterocycles. The molecule has 0 aliphatic carbocycles. The van der Waals surface area contributed by atoms with Gasteiger partial charge in [-0.3, -0.25) is 0 Å². The molecule has 0 saturated carbocycles. The molecule has 0 atom stereocenters. The maximum absolute atomic E-state index is 4.71. The van der Waals surface area contributed by atoms with Gasteiger partial charge in [0.15, 0.2) is 0 Å². The molecular weight excluding hydrogens is 126 g/mol. The van der Waals surface area contributed by atoms with E-state index in [0.717, 1.165) is 18.6 Å². The van der Waals surface area contributed by atoms with Crippen LogP contribution in [0.3, 0.4) is 0 Å². The van der Waals surface area contributed by atoms with E-state index < -0.39 is 0 Å². The van der Waals surface area contributed by atoms with Crippen LogP contribution in [0.1, 0.15) is 33.6 Å². The summed E-state index contributed by atoms with van der Waals surface area (Å²) < 4.78 is 0. The molecule has 0 amide bonds. The van der Waals surface area contributed by atoms with Crippen molar-refractivity contribution >= 4 is 5.71 Å². The SMILES string of the molecule is CCC/C(=N\OC)C(C)C. The second-order valence-electron chi connectivity index (χ2n) is 2.67. The molecule has 0 aromatic carbocycles. The minimum atomic E-state index is 0.514. The van der Waals surface area contributed by atoms with Gasteiger partial charge in [0.05, 0.1) is 5.71 Å². The Bertz CT molecular complexity index is 108. The van der Waals surface area contributed by atoms with Crippen LogP contribution >= 0.6 is 0 Å². The number of hydrogen-bond acceptors (Lipinski definition) is 2. The molecule has 0 radical (unpaired) electrons. The summed E-state index contributed by atoms with van der Waals surface area (Å²) in [5, 5.41) is 3.93. The lowest BCUT2D eigenvalue weighted by atomic mass is 10.0. The normalized spacial score (nSPS) is 12.3. The molecular formula is C8H17NO.